The zero-order valence-corrected chi connectivity index (χ0v) is 19.9. The smallest absolute Gasteiger partial charge is 0.244 e. The van der Waals surface area contributed by atoms with Crippen LogP contribution in [0.25, 0.3) is 0 Å². The highest BCUT2D eigenvalue weighted by molar-refractivity contribution is 6.30. The molecular formula is C27H26ClFN4O2. The third-order valence-corrected chi connectivity index (χ3v) is 7.65. The van der Waals surface area contributed by atoms with E-state index in [4.69, 9.17) is 16.3 Å². The number of carbonyl (C=O) groups is 1. The zero-order valence-electron chi connectivity index (χ0n) is 19.2. The molecule has 6 rings (SSSR count). The van der Waals surface area contributed by atoms with Crippen molar-refractivity contribution in [3.05, 3.63) is 83.3 Å². The van der Waals surface area contributed by atoms with Gasteiger partial charge in [0.05, 0.1) is 17.3 Å². The summed E-state index contributed by atoms with van der Waals surface area (Å²) in [6, 6.07) is 19.1. The van der Waals surface area contributed by atoms with Crippen LogP contribution in [0.2, 0.25) is 5.02 Å². The molecule has 4 heterocycles. The molecule has 2 bridgehead atoms. The maximum atomic E-state index is 13.9. The van der Waals surface area contributed by atoms with E-state index >= 15 is 0 Å². The van der Waals surface area contributed by atoms with Crippen LogP contribution in [0.5, 0.6) is 5.75 Å². The molecule has 8 heteroatoms. The predicted octanol–water partition coefficient (Wildman–Crippen LogP) is 4.52. The van der Waals surface area contributed by atoms with Crippen molar-refractivity contribution in [2.75, 3.05) is 29.4 Å². The van der Waals surface area contributed by atoms with Crippen LogP contribution in [0.15, 0.2) is 66.9 Å². The molecule has 1 aromatic heterocycles. The number of nitrogens with zero attached hydrogens (tertiary/aromatic N) is 4. The van der Waals surface area contributed by atoms with Gasteiger partial charge in [-0.1, -0.05) is 41.9 Å². The zero-order chi connectivity index (χ0) is 23.9. The molecular weight excluding hydrogens is 467 g/mol. The number of rotatable bonds is 6. The first-order valence-corrected chi connectivity index (χ1v) is 12.4. The number of halogens is 2. The fourth-order valence-electron chi connectivity index (χ4n) is 5.61. The standard InChI is InChI=1S/C27H26ClFN4O2/c28-23-8-6-19(13-24(23)29)31-11-10-25(27(31)34)32-15-21-12-20(32)16-33(21)26-9-7-22(14-30-26)35-17-18-4-2-1-3-5-18/h1-9,13-14,20-21,25H,10-12,15-17H2/t20-,21-,25?/m0/s1. The molecule has 2 aromatic carbocycles. The van der Waals surface area contributed by atoms with E-state index in [9.17, 15) is 9.18 Å². The number of aromatic nitrogens is 1. The molecule has 35 heavy (non-hydrogen) atoms. The van der Waals surface area contributed by atoms with Gasteiger partial charge in [-0.15, -0.1) is 0 Å². The molecule has 1 amide bonds. The number of pyridine rings is 1. The summed E-state index contributed by atoms with van der Waals surface area (Å²) in [6.45, 7) is 2.79. The number of hydrogen-bond donors (Lipinski definition) is 0. The summed E-state index contributed by atoms with van der Waals surface area (Å²) < 4.78 is 19.8. The maximum absolute atomic E-state index is 13.9. The van der Waals surface area contributed by atoms with Gasteiger partial charge >= 0.3 is 0 Å². The van der Waals surface area contributed by atoms with Gasteiger partial charge in [-0.2, -0.15) is 0 Å². The Balaban J connectivity index is 1.07. The Labute approximate surface area is 208 Å². The molecule has 0 aliphatic carbocycles. The first-order chi connectivity index (χ1) is 17.1. The minimum Gasteiger partial charge on any atom is -0.487 e. The summed E-state index contributed by atoms with van der Waals surface area (Å²) in [5.74, 6) is 1.24. The van der Waals surface area contributed by atoms with Gasteiger partial charge in [0.25, 0.3) is 0 Å². The van der Waals surface area contributed by atoms with Crippen molar-refractivity contribution < 1.29 is 13.9 Å². The lowest BCUT2D eigenvalue weighted by atomic mass is 10.1. The average molecular weight is 493 g/mol. The number of ether oxygens (including phenoxy) is 1. The quantitative estimate of drug-likeness (QED) is 0.506. The number of benzene rings is 2. The second-order valence-corrected chi connectivity index (χ2v) is 9.82. The normalized spacial score (nSPS) is 23.9. The minimum atomic E-state index is -0.500. The van der Waals surface area contributed by atoms with Crippen LogP contribution in [0.4, 0.5) is 15.9 Å². The highest BCUT2D eigenvalue weighted by Gasteiger charge is 2.49. The molecule has 1 unspecified atom stereocenters. The Morgan fingerprint density at radius 3 is 2.63 bits per heavy atom. The van der Waals surface area contributed by atoms with Crippen molar-refractivity contribution in [3.63, 3.8) is 0 Å². The average Bonchev–Trinajstić information content (AvgIpc) is 3.60. The fraction of sp³-hybridized carbons (Fsp3) is 0.333. The maximum Gasteiger partial charge on any atom is 0.244 e. The highest BCUT2D eigenvalue weighted by Crippen LogP contribution is 2.38. The van der Waals surface area contributed by atoms with Crippen LogP contribution in [0, 0.1) is 5.82 Å². The van der Waals surface area contributed by atoms with Crippen LogP contribution in [-0.4, -0.2) is 53.6 Å². The lowest BCUT2D eigenvalue weighted by molar-refractivity contribution is -0.122. The van der Waals surface area contributed by atoms with Gasteiger partial charge < -0.3 is 14.5 Å². The third kappa shape index (κ3) is 4.23. The first-order valence-electron chi connectivity index (χ1n) is 12.0. The number of carbonyl (C=O) groups excluding carboxylic acids is 1. The van der Waals surface area contributed by atoms with E-state index in [1.807, 2.05) is 42.5 Å². The van der Waals surface area contributed by atoms with Gasteiger partial charge in [0, 0.05) is 37.4 Å². The van der Waals surface area contributed by atoms with Gasteiger partial charge in [-0.3, -0.25) is 9.69 Å². The van der Waals surface area contributed by atoms with Gasteiger partial charge in [-0.05, 0) is 48.7 Å². The van der Waals surface area contributed by atoms with Crippen LogP contribution in [0.1, 0.15) is 18.4 Å². The largest absolute Gasteiger partial charge is 0.487 e. The van der Waals surface area contributed by atoms with Gasteiger partial charge in [0.2, 0.25) is 5.91 Å². The molecule has 3 aliphatic heterocycles. The number of amides is 1. The molecule has 3 saturated heterocycles. The number of hydrogen-bond acceptors (Lipinski definition) is 5. The fourth-order valence-corrected chi connectivity index (χ4v) is 5.73. The summed E-state index contributed by atoms with van der Waals surface area (Å²) in [4.78, 5) is 24.2. The van der Waals surface area contributed by atoms with E-state index in [1.54, 1.807) is 17.2 Å². The monoisotopic (exact) mass is 492 g/mol. The van der Waals surface area contributed by atoms with E-state index < -0.39 is 5.82 Å². The Hall–Kier alpha value is -3.16. The van der Waals surface area contributed by atoms with E-state index in [0.29, 0.717) is 30.9 Å². The Kier molecular flexibility index (Phi) is 5.82. The second kappa shape index (κ2) is 9.13. The number of likely N-dealkylation sites (tertiary alicyclic amines) is 1. The molecule has 3 fully saturated rings. The molecule has 180 valence electrons. The SMILES string of the molecule is O=C1C(N2C[C@@H]3C[C@H]2CN3c2ccc(OCc3ccccc3)cn2)CCN1c1ccc(Cl)c(F)c1. The van der Waals surface area contributed by atoms with Crippen LogP contribution >= 0.6 is 11.6 Å². The van der Waals surface area contributed by atoms with Crippen LogP contribution < -0.4 is 14.5 Å². The van der Waals surface area contributed by atoms with E-state index in [2.05, 4.69) is 14.8 Å². The molecule has 0 N–H and O–H groups in total. The minimum absolute atomic E-state index is 0.0452. The highest BCUT2D eigenvalue weighted by atomic mass is 35.5. The lowest BCUT2D eigenvalue weighted by Crippen LogP contribution is -2.53. The summed E-state index contributed by atoms with van der Waals surface area (Å²) in [7, 11) is 0. The molecule has 3 atom stereocenters. The molecule has 0 saturated carbocycles. The summed E-state index contributed by atoms with van der Waals surface area (Å²) in [5, 5.41) is 0.0679. The van der Waals surface area contributed by atoms with Crippen molar-refractivity contribution >= 4 is 29.0 Å². The van der Waals surface area contributed by atoms with Crippen molar-refractivity contribution in [2.24, 2.45) is 0 Å². The lowest BCUT2D eigenvalue weighted by Gasteiger charge is -2.37. The van der Waals surface area contributed by atoms with Crippen molar-refractivity contribution in [1.29, 1.82) is 0 Å². The molecule has 6 nitrogen and oxygen atoms in total. The molecule has 0 spiro atoms. The number of anilines is 2. The number of fused-ring (bicyclic) bond motifs is 2. The van der Waals surface area contributed by atoms with Gasteiger partial charge in [0.15, 0.2) is 0 Å². The van der Waals surface area contributed by atoms with Crippen LogP contribution in [0.3, 0.4) is 0 Å². The topological polar surface area (TPSA) is 48.9 Å². The van der Waals surface area contributed by atoms with Gasteiger partial charge in [0.1, 0.15) is 24.0 Å². The summed E-state index contributed by atoms with van der Waals surface area (Å²) >= 11 is 5.81. The Morgan fingerprint density at radius 1 is 1.06 bits per heavy atom. The summed E-state index contributed by atoms with van der Waals surface area (Å²) in [5.41, 5.74) is 1.69. The predicted molar refractivity (Wildman–Crippen MR) is 133 cm³/mol. The molecule has 3 aliphatic rings. The summed E-state index contributed by atoms with van der Waals surface area (Å²) in [6.07, 6.45) is 3.55. The van der Waals surface area contributed by atoms with Crippen molar-refractivity contribution in [2.45, 2.75) is 37.6 Å². The molecule has 0 radical (unpaired) electrons. The van der Waals surface area contributed by atoms with E-state index in [0.717, 1.165) is 43.1 Å². The van der Waals surface area contributed by atoms with E-state index in [-0.39, 0.29) is 17.0 Å². The first kappa shape index (κ1) is 22.3. The second-order valence-electron chi connectivity index (χ2n) is 9.41. The third-order valence-electron chi connectivity index (χ3n) is 7.34. The van der Waals surface area contributed by atoms with Crippen molar-refractivity contribution in [1.82, 2.24) is 9.88 Å². The van der Waals surface area contributed by atoms with E-state index in [1.165, 1.54) is 12.1 Å². The van der Waals surface area contributed by atoms with Crippen molar-refractivity contribution in [3.8, 4) is 5.75 Å². The van der Waals surface area contributed by atoms with Gasteiger partial charge in [-0.25, -0.2) is 9.37 Å². The Bertz CT molecular complexity index is 1230. The number of piperazine rings is 1. The Morgan fingerprint density at radius 2 is 1.91 bits per heavy atom. The van der Waals surface area contributed by atoms with Crippen LogP contribution in [-0.2, 0) is 11.4 Å². The molecule has 3 aromatic rings.